The van der Waals surface area contributed by atoms with Crippen LogP contribution in [0.1, 0.15) is 323 Å². The van der Waals surface area contributed by atoms with Crippen molar-refractivity contribution in [2.75, 3.05) is 28.4 Å². The van der Waals surface area contributed by atoms with Gasteiger partial charge in [-0.1, -0.05) is 170 Å². The molecule has 0 aromatic heterocycles. The van der Waals surface area contributed by atoms with Crippen LogP contribution in [0.5, 0.6) is 34.5 Å². The number of hydrogen-bond donors (Lipinski definition) is 0. The summed E-state index contributed by atoms with van der Waals surface area (Å²) in [5, 5.41) is 0. The number of carbonyl (C=O) groups excluding carboxylic acids is 4. The van der Waals surface area contributed by atoms with E-state index in [2.05, 4.69) is 69.2 Å². The predicted molar refractivity (Wildman–Crippen MR) is 436 cm³/mol. The number of unbranched alkanes of at least 4 members (excludes halogenated alkanes) is 6. The molecule has 598 valence electrons. The first kappa shape index (κ1) is 83.2. The van der Waals surface area contributed by atoms with Crippen molar-refractivity contribution >= 4 is 48.2 Å². The van der Waals surface area contributed by atoms with E-state index in [0.717, 1.165) is 146 Å². The van der Waals surface area contributed by atoms with Gasteiger partial charge in [-0.05, 0) is 269 Å². The van der Waals surface area contributed by atoms with E-state index in [0.29, 0.717) is 105 Å². The van der Waals surface area contributed by atoms with Gasteiger partial charge in [-0.2, -0.15) is 0 Å². The second-order valence-electron chi connectivity index (χ2n) is 37.7. The fourth-order valence-corrected chi connectivity index (χ4v) is 24.7. The highest BCUT2D eigenvalue weighted by Gasteiger charge is 2.63. The first-order valence-electron chi connectivity index (χ1n) is 43.7. The lowest BCUT2D eigenvalue weighted by atomic mass is 9.44. The first-order valence-corrected chi connectivity index (χ1v) is 43.7. The Morgan fingerprint density at radius 3 is 1.06 bits per heavy atom. The quantitative estimate of drug-likeness (QED) is 0.0237. The van der Waals surface area contributed by atoms with Gasteiger partial charge in [-0.25, -0.2) is 0 Å². The van der Waals surface area contributed by atoms with Crippen LogP contribution in [-0.4, -0.2) is 64.5 Å². The largest absolute Gasteiger partial charge is 0.496 e. The Balaban J connectivity index is 0.553. The fourth-order valence-electron chi connectivity index (χ4n) is 24.7. The van der Waals surface area contributed by atoms with Gasteiger partial charge in [0, 0.05) is 49.9 Å². The van der Waals surface area contributed by atoms with Gasteiger partial charge in [0.15, 0.2) is 0 Å². The molecule has 0 saturated heterocycles. The number of benzene rings is 3. The molecule has 8 saturated carbocycles. The van der Waals surface area contributed by atoms with Crippen LogP contribution in [0.2, 0.25) is 0 Å². The number of rotatable bonds is 36. The molecule has 12 heteroatoms. The molecule has 0 bridgehead atoms. The summed E-state index contributed by atoms with van der Waals surface area (Å²) in [7, 11) is 6.33. The Kier molecular flexibility index (Phi) is 29.0. The van der Waals surface area contributed by atoms with Crippen molar-refractivity contribution in [3.63, 3.8) is 0 Å². The molecule has 4 unspecified atom stereocenters. The van der Waals surface area contributed by atoms with Gasteiger partial charge >= 0.3 is 23.9 Å². The highest BCUT2D eigenvalue weighted by Crippen LogP contribution is 2.71. The average molecular weight is 1490 g/mol. The summed E-state index contributed by atoms with van der Waals surface area (Å²) in [6, 6.07) is 14.9. The minimum Gasteiger partial charge on any atom is -0.496 e. The number of esters is 4. The molecular weight excluding hydrogens is 1350 g/mol. The van der Waals surface area contributed by atoms with Crippen molar-refractivity contribution in [2.45, 2.75) is 313 Å². The molecule has 0 amide bonds. The van der Waals surface area contributed by atoms with Crippen LogP contribution in [0.4, 0.5) is 0 Å². The maximum Gasteiger partial charge on any atom is 0.311 e. The Labute approximate surface area is 652 Å². The summed E-state index contributed by atoms with van der Waals surface area (Å²) >= 11 is 0. The predicted octanol–water partition coefficient (Wildman–Crippen LogP) is 24.6. The van der Waals surface area contributed by atoms with E-state index in [-0.39, 0.29) is 48.9 Å². The third-order valence-electron chi connectivity index (χ3n) is 30.6. The van der Waals surface area contributed by atoms with E-state index >= 15 is 0 Å². The lowest BCUT2D eigenvalue weighted by Gasteiger charge is -2.61. The minimum atomic E-state index is -0.330. The second-order valence-corrected chi connectivity index (χ2v) is 37.7. The van der Waals surface area contributed by atoms with E-state index in [9.17, 15) is 19.2 Å². The van der Waals surface area contributed by atoms with Crippen molar-refractivity contribution in [1.29, 1.82) is 0 Å². The molecule has 11 rings (SSSR count). The van der Waals surface area contributed by atoms with Crippen LogP contribution >= 0.6 is 0 Å². The lowest BCUT2D eigenvalue weighted by Crippen LogP contribution is -2.54. The summed E-state index contributed by atoms with van der Waals surface area (Å²) < 4.78 is 47.2. The molecule has 12 nitrogen and oxygen atoms in total. The van der Waals surface area contributed by atoms with E-state index in [4.69, 9.17) is 37.9 Å². The molecule has 0 heterocycles. The SMILES string of the molecule is COc1cc(OC(=O)CCCCCCC(=O)OC2CC[C@@]3(C)C(CC[C@H]4[C@@H]5CC[C@H]([C@H](C)CCCC(C)C)[C@@]5(C)CC[C@@H]43)C2)cc(OC)c1/C=C/c1ccc(/C=C/c2c(OC)cc(OC(=O)CCCCCCC(=O)OC3CC[C@@]4(C)C(CC[C@H]5[C@@H]6CC[C@H]([C@H](C)CCCC(C)C)[C@@]6(C)CC[C@@H]54)C3)cc2OC)cc1. The summed E-state index contributed by atoms with van der Waals surface area (Å²) in [5.41, 5.74) is 5.06. The number of ether oxygens (including phenoxy) is 8. The zero-order valence-corrected chi connectivity index (χ0v) is 69.5. The van der Waals surface area contributed by atoms with Crippen LogP contribution in [-0.2, 0) is 28.7 Å². The lowest BCUT2D eigenvalue weighted by molar-refractivity contribution is -0.163. The third-order valence-corrected chi connectivity index (χ3v) is 30.6. The van der Waals surface area contributed by atoms with Crippen LogP contribution in [0, 0.1) is 105 Å². The number of hydrogen-bond acceptors (Lipinski definition) is 12. The fraction of sp³-hybridized carbons (Fsp3) is 0.729. The van der Waals surface area contributed by atoms with Crippen molar-refractivity contribution < 1.29 is 57.1 Å². The van der Waals surface area contributed by atoms with Crippen LogP contribution in [0.3, 0.4) is 0 Å². The van der Waals surface area contributed by atoms with E-state index < -0.39 is 0 Å². The third kappa shape index (κ3) is 19.6. The topological polar surface area (TPSA) is 142 Å². The van der Waals surface area contributed by atoms with Gasteiger partial charge in [0.05, 0.1) is 39.6 Å². The highest BCUT2D eigenvalue weighted by molar-refractivity contribution is 5.81. The molecule has 3 aromatic carbocycles. The van der Waals surface area contributed by atoms with Gasteiger partial charge in [-0.15, -0.1) is 0 Å². The van der Waals surface area contributed by atoms with Crippen LogP contribution in [0.15, 0.2) is 48.5 Å². The molecule has 0 radical (unpaired) electrons. The molecule has 0 aliphatic heterocycles. The molecule has 108 heavy (non-hydrogen) atoms. The van der Waals surface area contributed by atoms with E-state index in [1.807, 2.05) is 48.6 Å². The molecular formula is C96H142O12. The van der Waals surface area contributed by atoms with Gasteiger partial charge in [-0.3, -0.25) is 19.2 Å². The average Bonchev–Trinajstić information content (AvgIpc) is 1.43. The van der Waals surface area contributed by atoms with E-state index in [1.54, 1.807) is 52.7 Å². The summed E-state index contributed by atoms with van der Waals surface area (Å²) in [5.74, 6) is 13.4. The van der Waals surface area contributed by atoms with Gasteiger partial charge in [0.25, 0.3) is 0 Å². The van der Waals surface area contributed by atoms with Crippen molar-refractivity contribution in [3.8, 4) is 34.5 Å². The Hall–Kier alpha value is -5.78. The second kappa shape index (κ2) is 37.7. The maximum absolute atomic E-state index is 13.2. The Morgan fingerprint density at radius 1 is 0.380 bits per heavy atom. The zero-order valence-electron chi connectivity index (χ0n) is 69.5. The molecule has 3 aromatic rings. The van der Waals surface area contributed by atoms with E-state index in [1.165, 1.54) is 128 Å². The highest BCUT2D eigenvalue weighted by atomic mass is 16.6. The van der Waals surface area contributed by atoms with Crippen molar-refractivity contribution in [1.82, 2.24) is 0 Å². The number of fused-ring (bicyclic) bond motifs is 10. The van der Waals surface area contributed by atoms with Gasteiger partial charge < -0.3 is 37.9 Å². The molecule has 0 spiro atoms. The normalized spacial score (nSPS) is 31.2. The zero-order chi connectivity index (χ0) is 76.9. The Morgan fingerprint density at radius 2 is 0.713 bits per heavy atom. The molecule has 0 N–H and O–H groups in total. The van der Waals surface area contributed by atoms with Crippen molar-refractivity contribution in [3.05, 3.63) is 70.8 Å². The smallest absolute Gasteiger partial charge is 0.311 e. The summed E-state index contributed by atoms with van der Waals surface area (Å²) in [6.07, 6.45) is 46.8. The van der Waals surface area contributed by atoms with Crippen LogP contribution < -0.4 is 28.4 Å². The standard InChI is InChI=1S/C96H142O12/c1-63(2)25-23-27-65(5)79-45-47-81-75-43-39-69-57-71(49-53-93(69,7)83(75)51-55-95(79,81)9)105-89(97)29-19-15-17-21-31-91(99)107-73-59-85(101-11)77(86(60-73)102-12)41-37-67-33-35-68(36-34-67)38-42-78-87(103-13)61-74(62-88(78)104-14)108-92(100)32-22-18-16-20-30-90(98)106-72-50-54-94(8)70(58-72)40-44-76-82-48-46-80(66(6)28-24-26-64(3)4)96(82,10)56-52-84(76)94/h33-38,41-42,59-66,69-72,75-76,79-84H,15-32,39-40,43-58H2,1-14H3/b41-37+,42-38+/t65-,66-,69?,70?,71?,72?,75+,76+,79-,80-,81+,82+,83+,84+,93+,94+,95-,96-/m1/s1. The summed E-state index contributed by atoms with van der Waals surface area (Å²) in [4.78, 5) is 52.7. The Bertz CT molecular complexity index is 3230. The molecule has 8 aliphatic rings. The van der Waals surface area contributed by atoms with Crippen LogP contribution in [0.25, 0.3) is 24.3 Å². The number of methoxy groups -OCH3 is 4. The summed E-state index contributed by atoms with van der Waals surface area (Å²) in [6.45, 7) is 25.3. The van der Waals surface area contributed by atoms with Crippen molar-refractivity contribution in [2.24, 2.45) is 105 Å². The minimum absolute atomic E-state index is 0.0406. The molecule has 8 aliphatic carbocycles. The van der Waals surface area contributed by atoms with Gasteiger partial charge in [0.1, 0.15) is 46.7 Å². The molecule has 18 atom stereocenters. The first-order chi connectivity index (χ1) is 51.9. The number of carbonyl (C=O) groups is 4. The maximum atomic E-state index is 13.2. The van der Waals surface area contributed by atoms with Gasteiger partial charge in [0.2, 0.25) is 0 Å². The monoisotopic (exact) mass is 1490 g/mol. The molecule has 8 fully saturated rings.